The number of hydrogen-bond acceptors (Lipinski definition) is 3. The summed E-state index contributed by atoms with van der Waals surface area (Å²) in [6, 6.07) is 9.06. The van der Waals surface area contributed by atoms with Gasteiger partial charge in [-0.2, -0.15) is 0 Å². The Labute approximate surface area is 99.5 Å². The number of carbonyl (C=O) groups is 2. The van der Waals surface area contributed by atoms with E-state index >= 15 is 0 Å². The van der Waals surface area contributed by atoms with E-state index in [0.717, 1.165) is 10.5 Å². The minimum Gasteiger partial charge on any atom is -0.446 e. The van der Waals surface area contributed by atoms with Gasteiger partial charge in [-0.1, -0.05) is 36.4 Å². The van der Waals surface area contributed by atoms with E-state index in [4.69, 9.17) is 4.74 Å². The Balaban J connectivity index is 2.28. The summed E-state index contributed by atoms with van der Waals surface area (Å²) in [5, 5.41) is 0. The Hall–Kier alpha value is -2.10. The number of cyclic esters (lactones) is 1. The van der Waals surface area contributed by atoms with Crippen LogP contribution in [0.3, 0.4) is 0 Å². The average molecular weight is 231 g/mol. The van der Waals surface area contributed by atoms with Crippen LogP contribution >= 0.6 is 0 Å². The largest absolute Gasteiger partial charge is 0.446 e. The van der Waals surface area contributed by atoms with Crippen LogP contribution in [-0.4, -0.2) is 23.5 Å². The summed E-state index contributed by atoms with van der Waals surface area (Å²) in [7, 11) is 0. The number of benzene rings is 1. The lowest BCUT2D eigenvalue weighted by Crippen LogP contribution is -2.32. The molecule has 1 aliphatic heterocycles. The zero-order valence-corrected chi connectivity index (χ0v) is 9.50. The van der Waals surface area contributed by atoms with Crippen molar-refractivity contribution in [1.29, 1.82) is 0 Å². The molecule has 1 saturated heterocycles. The normalized spacial score (nSPS) is 19.7. The first kappa shape index (κ1) is 11.4. The van der Waals surface area contributed by atoms with Crippen molar-refractivity contribution in [2.75, 3.05) is 6.61 Å². The third-order valence-corrected chi connectivity index (χ3v) is 2.60. The molecule has 0 radical (unpaired) electrons. The molecule has 0 saturated carbocycles. The lowest BCUT2D eigenvalue weighted by atomic mass is 10.1. The van der Waals surface area contributed by atoms with Crippen LogP contribution in [0.4, 0.5) is 4.79 Å². The van der Waals surface area contributed by atoms with Crippen LogP contribution in [0.5, 0.6) is 0 Å². The number of imide groups is 1. The monoisotopic (exact) mass is 231 g/mol. The number of ether oxygens (including phenoxy) is 1. The van der Waals surface area contributed by atoms with Gasteiger partial charge in [-0.3, -0.25) is 4.79 Å². The molecule has 1 heterocycles. The van der Waals surface area contributed by atoms with Crippen LogP contribution in [0.25, 0.3) is 0 Å². The van der Waals surface area contributed by atoms with E-state index in [-0.39, 0.29) is 18.6 Å². The first-order valence-electron chi connectivity index (χ1n) is 5.41. The summed E-state index contributed by atoms with van der Waals surface area (Å²) in [6.07, 6.45) is 2.39. The molecule has 1 aliphatic rings. The molecule has 1 fully saturated rings. The predicted molar refractivity (Wildman–Crippen MR) is 62.2 cm³/mol. The fraction of sp³-hybridized carbons (Fsp3) is 0.231. The van der Waals surface area contributed by atoms with E-state index < -0.39 is 6.09 Å². The van der Waals surface area contributed by atoms with Gasteiger partial charge in [0.2, 0.25) is 0 Å². The van der Waals surface area contributed by atoms with E-state index in [1.807, 2.05) is 30.3 Å². The van der Waals surface area contributed by atoms with Gasteiger partial charge in [0.1, 0.15) is 12.6 Å². The summed E-state index contributed by atoms with van der Waals surface area (Å²) in [4.78, 5) is 24.4. The van der Waals surface area contributed by atoms with Crippen molar-refractivity contribution in [1.82, 2.24) is 4.90 Å². The molecule has 88 valence electrons. The highest BCUT2D eigenvalue weighted by atomic mass is 16.6. The molecule has 2 rings (SSSR count). The van der Waals surface area contributed by atoms with E-state index in [1.165, 1.54) is 6.08 Å². The Kier molecular flexibility index (Phi) is 3.23. The third-order valence-electron chi connectivity index (χ3n) is 2.60. The molecule has 4 heteroatoms. The van der Waals surface area contributed by atoms with Crippen molar-refractivity contribution in [3.63, 3.8) is 0 Å². The zero-order chi connectivity index (χ0) is 12.3. The number of nitrogens with zero attached hydrogens (tertiary/aromatic N) is 1. The highest BCUT2D eigenvalue weighted by Gasteiger charge is 2.37. The molecule has 17 heavy (non-hydrogen) atoms. The van der Waals surface area contributed by atoms with E-state index in [9.17, 15) is 9.59 Å². The lowest BCUT2D eigenvalue weighted by Gasteiger charge is -2.18. The van der Waals surface area contributed by atoms with Crippen LogP contribution in [0, 0.1) is 0 Å². The van der Waals surface area contributed by atoms with Crippen LogP contribution in [0.2, 0.25) is 0 Å². The third kappa shape index (κ3) is 2.20. The predicted octanol–water partition coefficient (Wildman–Crippen LogP) is 2.28. The Morgan fingerprint density at radius 1 is 1.41 bits per heavy atom. The van der Waals surface area contributed by atoms with Crippen molar-refractivity contribution >= 4 is 12.0 Å². The first-order valence-corrected chi connectivity index (χ1v) is 5.41. The first-order chi connectivity index (χ1) is 8.24. The summed E-state index contributed by atoms with van der Waals surface area (Å²) in [5.74, 6) is -0.344. The molecule has 0 bridgehead atoms. The van der Waals surface area contributed by atoms with Gasteiger partial charge in [0, 0.05) is 0 Å². The number of rotatable bonds is 2. The smallest absolute Gasteiger partial charge is 0.417 e. The van der Waals surface area contributed by atoms with Crippen molar-refractivity contribution < 1.29 is 14.3 Å². The fourth-order valence-electron chi connectivity index (χ4n) is 1.81. The van der Waals surface area contributed by atoms with Gasteiger partial charge < -0.3 is 4.74 Å². The van der Waals surface area contributed by atoms with Crippen LogP contribution in [0.1, 0.15) is 18.5 Å². The van der Waals surface area contributed by atoms with Crippen LogP contribution in [0.15, 0.2) is 42.5 Å². The van der Waals surface area contributed by atoms with Gasteiger partial charge in [-0.05, 0) is 18.6 Å². The SMILES string of the molecule is C/C=C/C(=O)N1C(=O)OCC1c1ccccc1. The molecule has 1 atom stereocenters. The second kappa shape index (κ2) is 4.82. The Morgan fingerprint density at radius 2 is 2.12 bits per heavy atom. The topological polar surface area (TPSA) is 46.6 Å². The average Bonchev–Trinajstić information content (AvgIpc) is 2.73. The van der Waals surface area contributed by atoms with Gasteiger partial charge in [-0.15, -0.1) is 0 Å². The quantitative estimate of drug-likeness (QED) is 0.733. The summed E-state index contributed by atoms with van der Waals surface area (Å²) in [6.45, 7) is 1.95. The maximum atomic E-state index is 11.8. The second-order valence-electron chi connectivity index (χ2n) is 3.71. The lowest BCUT2D eigenvalue weighted by molar-refractivity contribution is -0.124. The molecule has 2 amide bonds. The number of hydrogen-bond donors (Lipinski definition) is 0. The molecular formula is C13H13NO3. The summed E-state index contributed by atoms with van der Waals surface area (Å²) >= 11 is 0. The number of allylic oxidation sites excluding steroid dienone is 1. The van der Waals surface area contributed by atoms with Gasteiger partial charge in [0.05, 0.1) is 0 Å². The molecule has 4 nitrogen and oxygen atoms in total. The van der Waals surface area contributed by atoms with Crippen LogP contribution in [-0.2, 0) is 9.53 Å². The van der Waals surface area contributed by atoms with Crippen molar-refractivity contribution in [3.8, 4) is 0 Å². The molecule has 0 aliphatic carbocycles. The molecule has 0 N–H and O–H groups in total. The standard InChI is InChI=1S/C13H13NO3/c1-2-6-12(15)14-11(9-17-13(14)16)10-7-4-3-5-8-10/h2-8,11H,9H2,1H3/b6-2+. The van der Waals surface area contributed by atoms with Gasteiger partial charge in [0.25, 0.3) is 5.91 Å². The van der Waals surface area contributed by atoms with Gasteiger partial charge >= 0.3 is 6.09 Å². The molecular weight excluding hydrogens is 218 g/mol. The van der Waals surface area contributed by atoms with Gasteiger partial charge in [-0.25, -0.2) is 9.69 Å². The van der Waals surface area contributed by atoms with Crippen LogP contribution < -0.4 is 0 Å². The summed E-state index contributed by atoms with van der Waals surface area (Å²) < 4.78 is 4.93. The second-order valence-corrected chi connectivity index (χ2v) is 3.71. The van der Waals surface area contributed by atoms with Crippen molar-refractivity contribution in [2.24, 2.45) is 0 Å². The maximum Gasteiger partial charge on any atom is 0.417 e. The molecule has 1 unspecified atom stereocenters. The Bertz CT molecular complexity index is 453. The highest BCUT2D eigenvalue weighted by Crippen LogP contribution is 2.27. The molecule has 0 aromatic heterocycles. The molecule has 1 aromatic carbocycles. The number of carbonyl (C=O) groups excluding carboxylic acids is 2. The fourth-order valence-corrected chi connectivity index (χ4v) is 1.81. The Morgan fingerprint density at radius 3 is 2.76 bits per heavy atom. The minimum atomic E-state index is -0.582. The molecule has 1 aromatic rings. The van der Waals surface area contributed by atoms with E-state index in [0.29, 0.717) is 0 Å². The molecule has 0 spiro atoms. The minimum absolute atomic E-state index is 0.214. The highest BCUT2D eigenvalue weighted by molar-refractivity contribution is 5.99. The summed E-state index contributed by atoms with van der Waals surface area (Å²) in [5.41, 5.74) is 0.899. The van der Waals surface area contributed by atoms with E-state index in [1.54, 1.807) is 13.0 Å². The van der Waals surface area contributed by atoms with Crippen molar-refractivity contribution in [3.05, 3.63) is 48.0 Å². The van der Waals surface area contributed by atoms with Crippen molar-refractivity contribution in [2.45, 2.75) is 13.0 Å². The zero-order valence-electron chi connectivity index (χ0n) is 9.50. The number of amides is 2. The maximum absolute atomic E-state index is 11.8. The van der Waals surface area contributed by atoms with E-state index in [2.05, 4.69) is 0 Å². The van der Waals surface area contributed by atoms with Gasteiger partial charge in [0.15, 0.2) is 0 Å².